The van der Waals surface area contributed by atoms with E-state index in [2.05, 4.69) is 19.9 Å². The number of anilines is 1. The average Bonchev–Trinajstić information content (AvgIpc) is 2.71. The van der Waals surface area contributed by atoms with Gasteiger partial charge in [0.2, 0.25) is 0 Å². The van der Waals surface area contributed by atoms with Crippen molar-refractivity contribution >= 4 is 16.7 Å². The SMILES string of the molecule is COc1nccnc1N1CCC(Cn2c(C)nc3cc(F)ccc3c2=O)CC1. The van der Waals surface area contributed by atoms with Crippen molar-refractivity contribution < 1.29 is 9.13 Å². The summed E-state index contributed by atoms with van der Waals surface area (Å²) in [5, 5.41) is 0.453. The van der Waals surface area contributed by atoms with Crippen LogP contribution in [0, 0.1) is 18.7 Å². The molecule has 4 rings (SSSR count). The highest BCUT2D eigenvalue weighted by molar-refractivity contribution is 5.77. The van der Waals surface area contributed by atoms with Crippen molar-refractivity contribution in [1.82, 2.24) is 19.5 Å². The summed E-state index contributed by atoms with van der Waals surface area (Å²) in [6.07, 6.45) is 5.12. The number of halogens is 1. The Hall–Kier alpha value is -3.03. The topological polar surface area (TPSA) is 73.1 Å². The van der Waals surface area contributed by atoms with Crippen LogP contribution in [0.3, 0.4) is 0 Å². The molecule has 1 fully saturated rings. The van der Waals surface area contributed by atoms with Gasteiger partial charge in [0.05, 0.1) is 18.0 Å². The summed E-state index contributed by atoms with van der Waals surface area (Å²) in [4.78, 5) is 28.1. The van der Waals surface area contributed by atoms with E-state index in [1.807, 2.05) is 0 Å². The van der Waals surface area contributed by atoms with Gasteiger partial charge in [-0.3, -0.25) is 9.36 Å². The fourth-order valence-electron chi connectivity index (χ4n) is 3.78. The van der Waals surface area contributed by atoms with Crippen molar-refractivity contribution in [1.29, 1.82) is 0 Å². The molecule has 0 unspecified atom stereocenters. The molecule has 3 heterocycles. The van der Waals surface area contributed by atoms with Crippen LogP contribution >= 0.6 is 0 Å². The molecule has 0 atom stereocenters. The van der Waals surface area contributed by atoms with Crippen LogP contribution in [0.5, 0.6) is 5.88 Å². The Labute approximate surface area is 161 Å². The number of nitrogens with zero attached hydrogens (tertiary/aromatic N) is 5. The first-order valence-electron chi connectivity index (χ1n) is 9.33. The summed E-state index contributed by atoms with van der Waals surface area (Å²) >= 11 is 0. The van der Waals surface area contributed by atoms with E-state index in [-0.39, 0.29) is 11.4 Å². The number of aromatic nitrogens is 4. The van der Waals surface area contributed by atoms with Crippen LogP contribution in [0.1, 0.15) is 18.7 Å². The zero-order chi connectivity index (χ0) is 19.7. The standard InChI is InChI=1S/C20H22FN5O2/c1-13-24-17-11-15(21)3-4-16(17)20(27)26(13)12-14-5-9-25(10-6-14)18-19(28-2)23-8-7-22-18/h3-4,7-8,11,14H,5-6,9-10,12H2,1-2H3. The lowest BCUT2D eigenvalue weighted by molar-refractivity contribution is 0.343. The maximum atomic E-state index is 13.4. The Bertz CT molecular complexity index is 1060. The number of aryl methyl sites for hydroxylation is 1. The second kappa shape index (κ2) is 7.53. The van der Waals surface area contributed by atoms with Gasteiger partial charge in [-0.15, -0.1) is 0 Å². The molecule has 2 aromatic heterocycles. The molecule has 146 valence electrons. The molecule has 1 aromatic carbocycles. The second-order valence-corrected chi connectivity index (χ2v) is 7.06. The average molecular weight is 383 g/mol. The Morgan fingerprint density at radius 1 is 1.21 bits per heavy atom. The number of piperidine rings is 1. The lowest BCUT2D eigenvalue weighted by Gasteiger charge is -2.33. The third-order valence-electron chi connectivity index (χ3n) is 5.30. The smallest absolute Gasteiger partial charge is 0.261 e. The van der Waals surface area contributed by atoms with Crippen LogP contribution in [0.15, 0.2) is 35.4 Å². The van der Waals surface area contributed by atoms with Gasteiger partial charge in [-0.2, -0.15) is 0 Å². The molecule has 0 aliphatic carbocycles. The van der Waals surface area contributed by atoms with Gasteiger partial charge in [-0.05, 0) is 37.8 Å². The van der Waals surface area contributed by atoms with Gasteiger partial charge in [-0.25, -0.2) is 19.3 Å². The van der Waals surface area contributed by atoms with Gasteiger partial charge < -0.3 is 9.64 Å². The van der Waals surface area contributed by atoms with E-state index < -0.39 is 0 Å². The molecule has 1 aliphatic heterocycles. The highest BCUT2D eigenvalue weighted by Gasteiger charge is 2.24. The molecule has 3 aromatic rings. The molecular formula is C20H22FN5O2. The maximum Gasteiger partial charge on any atom is 0.261 e. The molecule has 1 saturated heterocycles. The van der Waals surface area contributed by atoms with Gasteiger partial charge in [-0.1, -0.05) is 0 Å². The number of rotatable bonds is 4. The molecule has 0 radical (unpaired) electrons. The van der Waals surface area contributed by atoms with Crippen LogP contribution in [0.2, 0.25) is 0 Å². The molecule has 7 nitrogen and oxygen atoms in total. The zero-order valence-corrected chi connectivity index (χ0v) is 15.9. The van der Waals surface area contributed by atoms with E-state index >= 15 is 0 Å². The lowest BCUT2D eigenvalue weighted by atomic mass is 9.96. The van der Waals surface area contributed by atoms with Crippen LogP contribution < -0.4 is 15.2 Å². The Balaban J connectivity index is 1.51. The Morgan fingerprint density at radius 2 is 1.96 bits per heavy atom. The molecule has 0 spiro atoms. The lowest BCUT2D eigenvalue weighted by Crippen LogP contribution is -2.37. The van der Waals surface area contributed by atoms with E-state index in [1.165, 1.54) is 18.2 Å². The minimum atomic E-state index is -0.386. The van der Waals surface area contributed by atoms with Crippen LogP contribution in [0.25, 0.3) is 10.9 Å². The maximum absolute atomic E-state index is 13.4. The highest BCUT2D eigenvalue weighted by Crippen LogP contribution is 2.28. The fourth-order valence-corrected chi connectivity index (χ4v) is 3.78. The third kappa shape index (κ3) is 3.42. The summed E-state index contributed by atoms with van der Waals surface area (Å²) < 4.78 is 20.4. The van der Waals surface area contributed by atoms with Crippen LogP contribution in [-0.2, 0) is 6.54 Å². The largest absolute Gasteiger partial charge is 0.478 e. The van der Waals surface area contributed by atoms with E-state index in [9.17, 15) is 9.18 Å². The van der Waals surface area contributed by atoms with Gasteiger partial charge in [0, 0.05) is 38.1 Å². The van der Waals surface area contributed by atoms with Crippen molar-refractivity contribution in [2.75, 3.05) is 25.1 Å². The molecule has 1 aliphatic rings. The minimum absolute atomic E-state index is 0.111. The van der Waals surface area contributed by atoms with Crippen LogP contribution in [-0.4, -0.2) is 39.7 Å². The van der Waals surface area contributed by atoms with E-state index in [4.69, 9.17) is 4.74 Å². The Kier molecular flexibility index (Phi) is 4.93. The van der Waals surface area contributed by atoms with Crippen molar-refractivity contribution in [2.24, 2.45) is 5.92 Å². The van der Waals surface area contributed by atoms with Crippen molar-refractivity contribution in [3.8, 4) is 5.88 Å². The second-order valence-electron chi connectivity index (χ2n) is 7.06. The molecule has 0 N–H and O–H groups in total. The summed E-state index contributed by atoms with van der Waals surface area (Å²) in [6.45, 7) is 4.04. The summed E-state index contributed by atoms with van der Waals surface area (Å²) in [7, 11) is 1.59. The molecule has 0 amide bonds. The summed E-state index contributed by atoms with van der Waals surface area (Å²) in [6, 6.07) is 4.12. The Morgan fingerprint density at radius 3 is 2.71 bits per heavy atom. The zero-order valence-electron chi connectivity index (χ0n) is 15.9. The minimum Gasteiger partial charge on any atom is -0.478 e. The molecule has 0 saturated carbocycles. The van der Waals surface area contributed by atoms with Gasteiger partial charge in [0.15, 0.2) is 5.82 Å². The summed E-state index contributed by atoms with van der Waals surface area (Å²) in [5.41, 5.74) is 0.295. The molecule has 0 bridgehead atoms. The number of ether oxygens (including phenoxy) is 1. The number of methoxy groups -OCH3 is 1. The molecule has 8 heteroatoms. The number of hydrogen-bond donors (Lipinski definition) is 0. The van der Waals surface area contributed by atoms with Crippen LogP contribution in [0.4, 0.5) is 10.2 Å². The normalized spacial score (nSPS) is 15.2. The predicted octanol–water partition coefficient (Wildman–Crippen LogP) is 2.56. The number of benzene rings is 1. The number of hydrogen-bond acceptors (Lipinski definition) is 6. The van der Waals surface area contributed by atoms with E-state index in [0.29, 0.717) is 35.1 Å². The third-order valence-corrected chi connectivity index (χ3v) is 5.30. The first-order chi connectivity index (χ1) is 13.6. The van der Waals surface area contributed by atoms with Gasteiger partial charge in [0.1, 0.15) is 11.6 Å². The number of fused-ring (bicyclic) bond motifs is 1. The quantitative estimate of drug-likeness (QED) is 0.689. The predicted molar refractivity (Wildman–Crippen MR) is 104 cm³/mol. The fraction of sp³-hybridized carbons (Fsp3) is 0.400. The highest BCUT2D eigenvalue weighted by atomic mass is 19.1. The van der Waals surface area contributed by atoms with Gasteiger partial charge in [0.25, 0.3) is 11.4 Å². The van der Waals surface area contributed by atoms with Crippen molar-refractivity contribution in [2.45, 2.75) is 26.3 Å². The first-order valence-corrected chi connectivity index (χ1v) is 9.33. The summed E-state index contributed by atoms with van der Waals surface area (Å²) in [5.74, 6) is 1.87. The van der Waals surface area contributed by atoms with Crippen molar-refractivity contribution in [3.63, 3.8) is 0 Å². The monoisotopic (exact) mass is 383 g/mol. The van der Waals surface area contributed by atoms with E-state index in [1.54, 1.807) is 31.0 Å². The van der Waals surface area contributed by atoms with E-state index in [0.717, 1.165) is 31.7 Å². The first kappa shape index (κ1) is 18.3. The molecular weight excluding hydrogens is 361 g/mol. The molecule has 28 heavy (non-hydrogen) atoms. The van der Waals surface area contributed by atoms with Crippen molar-refractivity contribution in [3.05, 3.63) is 52.6 Å². The van der Waals surface area contributed by atoms with Gasteiger partial charge >= 0.3 is 0 Å².